The molecule has 0 aliphatic carbocycles. The molecular weight excluding hydrogens is 362 g/mol. The Morgan fingerprint density at radius 3 is 2.97 bits per heavy atom. The van der Waals surface area contributed by atoms with E-state index in [1.165, 1.54) is 0 Å². The van der Waals surface area contributed by atoms with Crippen LogP contribution < -0.4 is 0 Å². The predicted octanol–water partition coefficient (Wildman–Crippen LogP) is 3.96. The van der Waals surface area contributed by atoms with E-state index < -0.39 is 0 Å². The minimum absolute atomic E-state index is 0.0245. The largest absolute Gasteiger partial charge is 0.361 e. The van der Waals surface area contributed by atoms with Crippen molar-refractivity contribution in [3.8, 4) is 5.82 Å². The monoisotopic (exact) mass is 385 g/mol. The number of rotatable bonds is 4. The van der Waals surface area contributed by atoms with Gasteiger partial charge in [-0.25, -0.2) is 9.97 Å². The first kappa shape index (κ1) is 17.7. The zero-order valence-corrected chi connectivity index (χ0v) is 16.4. The number of aryl methyl sites for hydroxylation is 1. The summed E-state index contributed by atoms with van der Waals surface area (Å²) in [5.74, 6) is 1.89. The Bertz CT molecular complexity index is 1170. The maximum Gasteiger partial charge on any atom is 0.227 e. The molecule has 146 valence electrons. The summed E-state index contributed by atoms with van der Waals surface area (Å²) >= 11 is 0. The summed E-state index contributed by atoms with van der Waals surface area (Å²) in [6.07, 6.45) is 7.99. The first-order valence-corrected chi connectivity index (χ1v) is 10.0. The van der Waals surface area contributed by atoms with Crippen LogP contribution in [0.25, 0.3) is 16.7 Å². The summed E-state index contributed by atoms with van der Waals surface area (Å²) in [6, 6.07) is 14.2. The summed E-state index contributed by atoms with van der Waals surface area (Å²) in [7, 11) is 0. The smallest absolute Gasteiger partial charge is 0.227 e. The number of imidazole rings is 1. The fraction of sp³-hybridized carbons (Fsp3) is 0.261. The fourth-order valence-corrected chi connectivity index (χ4v) is 4.29. The summed E-state index contributed by atoms with van der Waals surface area (Å²) in [6.45, 7) is 2.74. The molecule has 3 aromatic heterocycles. The number of aromatic nitrogens is 4. The lowest BCUT2D eigenvalue weighted by atomic mass is 10.1. The Balaban J connectivity index is 1.40. The van der Waals surface area contributed by atoms with Crippen LogP contribution in [0.3, 0.4) is 0 Å². The molecule has 0 bridgehead atoms. The molecule has 5 rings (SSSR count). The van der Waals surface area contributed by atoms with Gasteiger partial charge in [0.1, 0.15) is 11.6 Å². The number of carbonyl (C=O) groups excluding carboxylic acids is 1. The summed E-state index contributed by atoms with van der Waals surface area (Å²) < 4.78 is 1.97. The van der Waals surface area contributed by atoms with Gasteiger partial charge in [-0.3, -0.25) is 9.36 Å². The van der Waals surface area contributed by atoms with Crippen molar-refractivity contribution in [2.24, 2.45) is 0 Å². The number of pyridine rings is 1. The van der Waals surface area contributed by atoms with Crippen LogP contribution in [0.15, 0.2) is 61.1 Å². The molecule has 6 heteroatoms. The number of nitrogens with one attached hydrogen (secondary N) is 1. The Morgan fingerprint density at radius 2 is 2.10 bits per heavy atom. The van der Waals surface area contributed by atoms with Gasteiger partial charge in [0.15, 0.2) is 0 Å². The molecule has 1 saturated heterocycles. The van der Waals surface area contributed by atoms with Gasteiger partial charge in [0.05, 0.1) is 18.2 Å². The van der Waals surface area contributed by atoms with Crippen molar-refractivity contribution in [3.63, 3.8) is 0 Å². The third-order valence-corrected chi connectivity index (χ3v) is 5.76. The van der Waals surface area contributed by atoms with Gasteiger partial charge in [0.25, 0.3) is 0 Å². The second kappa shape index (κ2) is 7.20. The van der Waals surface area contributed by atoms with Crippen molar-refractivity contribution in [1.82, 2.24) is 24.4 Å². The number of hydrogen-bond acceptors (Lipinski definition) is 3. The molecule has 1 aliphatic heterocycles. The number of fused-ring (bicyclic) bond motifs is 1. The second-order valence-electron chi connectivity index (χ2n) is 7.55. The van der Waals surface area contributed by atoms with E-state index in [0.717, 1.165) is 53.2 Å². The lowest BCUT2D eigenvalue weighted by Crippen LogP contribution is -2.32. The highest BCUT2D eigenvalue weighted by atomic mass is 16.2. The minimum atomic E-state index is 0.0245. The van der Waals surface area contributed by atoms with E-state index in [0.29, 0.717) is 6.42 Å². The van der Waals surface area contributed by atoms with E-state index >= 15 is 0 Å². The van der Waals surface area contributed by atoms with E-state index in [-0.39, 0.29) is 11.9 Å². The standard InChI is InChI=1S/C23H23N5O/c1-16-24-11-13-27(16)22-10-4-8-20(26-22)21-9-5-12-28(21)23(29)14-17-15-25-19-7-3-2-6-18(17)19/h2-4,6-8,10-11,13,15,21,25H,5,9,12,14H2,1H3/t21-/m0/s1. The number of likely N-dealkylation sites (tertiary alicyclic amines) is 1. The lowest BCUT2D eigenvalue weighted by Gasteiger charge is -2.25. The highest BCUT2D eigenvalue weighted by Gasteiger charge is 2.31. The molecule has 1 fully saturated rings. The van der Waals surface area contributed by atoms with Crippen LogP contribution in [0.5, 0.6) is 0 Å². The van der Waals surface area contributed by atoms with Crippen LogP contribution in [-0.2, 0) is 11.2 Å². The average molecular weight is 385 g/mol. The third-order valence-electron chi connectivity index (χ3n) is 5.76. The number of hydrogen-bond donors (Lipinski definition) is 1. The molecule has 6 nitrogen and oxygen atoms in total. The zero-order valence-electron chi connectivity index (χ0n) is 16.4. The van der Waals surface area contributed by atoms with Crippen molar-refractivity contribution in [3.05, 3.63) is 78.1 Å². The number of para-hydroxylation sites is 1. The molecule has 4 heterocycles. The number of benzene rings is 1. The zero-order chi connectivity index (χ0) is 19.8. The van der Waals surface area contributed by atoms with Gasteiger partial charge < -0.3 is 9.88 Å². The number of aromatic amines is 1. The Labute approximate surface area is 169 Å². The van der Waals surface area contributed by atoms with E-state index in [1.807, 2.05) is 65.2 Å². The van der Waals surface area contributed by atoms with Crippen LogP contribution >= 0.6 is 0 Å². The summed E-state index contributed by atoms with van der Waals surface area (Å²) in [5.41, 5.74) is 3.06. The molecule has 0 saturated carbocycles. The average Bonchev–Trinajstić information content (AvgIpc) is 3.48. The SMILES string of the molecule is Cc1nccn1-c1cccc([C@@H]2CCCN2C(=O)Cc2c[nH]c3ccccc23)n1. The lowest BCUT2D eigenvalue weighted by molar-refractivity contribution is -0.131. The van der Waals surface area contributed by atoms with E-state index in [4.69, 9.17) is 4.98 Å². The van der Waals surface area contributed by atoms with E-state index in [9.17, 15) is 4.79 Å². The number of H-pyrrole nitrogens is 1. The molecule has 4 aromatic rings. The summed E-state index contributed by atoms with van der Waals surface area (Å²) in [5, 5.41) is 1.12. The second-order valence-corrected chi connectivity index (χ2v) is 7.55. The van der Waals surface area contributed by atoms with Crippen molar-refractivity contribution < 1.29 is 4.79 Å². The molecular formula is C23H23N5O. The van der Waals surface area contributed by atoms with Crippen LogP contribution in [0.4, 0.5) is 0 Å². The molecule has 1 N–H and O–H groups in total. The first-order valence-electron chi connectivity index (χ1n) is 10.0. The van der Waals surface area contributed by atoms with Gasteiger partial charge in [-0.15, -0.1) is 0 Å². The molecule has 29 heavy (non-hydrogen) atoms. The molecule has 0 unspecified atom stereocenters. The highest BCUT2D eigenvalue weighted by molar-refractivity contribution is 5.89. The number of carbonyl (C=O) groups is 1. The van der Waals surface area contributed by atoms with Crippen molar-refractivity contribution in [2.75, 3.05) is 6.54 Å². The van der Waals surface area contributed by atoms with Crippen molar-refractivity contribution in [1.29, 1.82) is 0 Å². The maximum atomic E-state index is 13.2. The maximum absolute atomic E-state index is 13.2. The van der Waals surface area contributed by atoms with Gasteiger partial charge in [0.2, 0.25) is 5.91 Å². The molecule has 0 spiro atoms. The Hall–Kier alpha value is -3.41. The molecule has 1 amide bonds. The van der Waals surface area contributed by atoms with Gasteiger partial charge >= 0.3 is 0 Å². The molecule has 0 radical (unpaired) electrons. The first-order chi connectivity index (χ1) is 14.2. The fourth-order valence-electron chi connectivity index (χ4n) is 4.29. The van der Waals surface area contributed by atoms with Gasteiger partial charge in [-0.1, -0.05) is 24.3 Å². The van der Waals surface area contributed by atoms with Crippen LogP contribution in [0, 0.1) is 6.92 Å². The van der Waals surface area contributed by atoms with E-state index in [1.54, 1.807) is 6.20 Å². The summed E-state index contributed by atoms with van der Waals surface area (Å²) in [4.78, 5) is 27.6. The third kappa shape index (κ3) is 3.20. The van der Waals surface area contributed by atoms with Crippen molar-refractivity contribution in [2.45, 2.75) is 32.2 Å². The van der Waals surface area contributed by atoms with Crippen molar-refractivity contribution >= 4 is 16.8 Å². The predicted molar refractivity (Wildman–Crippen MR) is 112 cm³/mol. The Morgan fingerprint density at radius 1 is 1.21 bits per heavy atom. The molecule has 1 aromatic carbocycles. The van der Waals surface area contributed by atoms with Crippen LogP contribution in [0.2, 0.25) is 0 Å². The quantitative estimate of drug-likeness (QED) is 0.578. The highest BCUT2D eigenvalue weighted by Crippen LogP contribution is 2.32. The molecule has 1 atom stereocenters. The topological polar surface area (TPSA) is 66.8 Å². The Kier molecular flexibility index (Phi) is 4.39. The van der Waals surface area contributed by atoms with Crippen LogP contribution in [-0.4, -0.2) is 36.9 Å². The van der Waals surface area contributed by atoms with Gasteiger partial charge in [0, 0.05) is 36.0 Å². The minimum Gasteiger partial charge on any atom is -0.361 e. The van der Waals surface area contributed by atoms with E-state index in [2.05, 4.69) is 16.0 Å². The number of nitrogens with zero attached hydrogens (tertiary/aromatic N) is 4. The normalized spacial score (nSPS) is 16.6. The van der Waals surface area contributed by atoms with Gasteiger partial charge in [-0.05, 0) is 43.5 Å². The molecule has 1 aliphatic rings. The van der Waals surface area contributed by atoms with Gasteiger partial charge in [-0.2, -0.15) is 0 Å². The number of amides is 1. The van der Waals surface area contributed by atoms with Crippen LogP contribution in [0.1, 0.15) is 36.0 Å².